The normalized spacial score (nSPS) is 23.7. The fraction of sp³-hybridized carbons (Fsp3) is 0.647. The lowest BCUT2D eigenvalue weighted by Crippen LogP contribution is -2.49. The molecule has 3 heterocycles. The summed E-state index contributed by atoms with van der Waals surface area (Å²) in [6, 6.07) is 4.22. The maximum Gasteiger partial charge on any atom is 0.269 e. The van der Waals surface area contributed by atoms with Crippen molar-refractivity contribution in [3.63, 3.8) is 0 Å². The number of piperidine rings is 2. The van der Waals surface area contributed by atoms with Gasteiger partial charge in [0.1, 0.15) is 11.9 Å². The number of alkyl halides is 1. The third-order valence-corrected chi connectivity index (χ3v) is 4.95. The Morgan fingerprint density at radius 1 is 1.26 bits per heavy atom. The van der Waals surface area contributed by atoms with Gasteiger partial charge in [-0.3, -0.25) is 9.69 Å². The summed E-state index contributed by atoms with van der Waals surface area (Å²) in [5, 5.41) is 2.57. The highest BCUT2D eigenvalue weighted by molar-refractivity contribution is 5.92. The van der Waals surface area contributed by atoms with Gasteiger partial charge in [-0.2, -0.15) is 0 Å². The highest BCUT2D eigenvalue weighted by atomic mass is 19.1. The first-order valence-electron chi connectivity index (χ1n) is 8.48. The molecule has 2 aliphatic heterocycles. The molecule has 3 rings (SSSR count). The molecule has 1 aromatic heterocycles. The van der Waals surface area contributed by atoms with Crippen LogP contribution in [0, 0.1) is 0 Å². The molecule has 0 radical (unpaired) electrons. The molecule has 1 aromatic rings. The Bertz CT molecular complexity index is 528. The molecule has 1 atom stereocenters. The predicted octanol–water partition coefficient (Wildman–Crippen LogP) is 1.84. The second kappa shape index (κ2) is 7.25. The van der Waals surface area contributed by atoms with Crippen LogP contribution in [0.1, 0.15) is 36.2 Å². The summed E-state index contributed by atoms with van der Waals surface area (Å²) in [6.45, 7) is 3.55. The molecular formula is C17H25FN4O. The first kappa shape index (κ1) is 16.2. The van der Waals surface area contributed by atoms with Crippen molar-refractivity contribution in [1.82, 2.24) is 15.2 Å². The third kappa shape index (κ3) is 3.80. The standard InChI is InChI=1S/C17H25FN4O/c1-19-17(23)16-5-4-15(11-20-16)21-9-6-14(7-10-21)22-8-2-3-13(18)12-22/h4-5,11,13-14H,2-3,6-10,12H2,1H3,(H,19,23). The van der Waals surface area contributed by atoms with Crippen molar-refractivity contribution in [1.29, 1.82) is 0 Å². The van der Waals surface area contributed by atoms with Crippen LogP contribution in [0.25, 0.3) is 0 Å². The number of carbonyl (C=O) groups excluding carboxylic acids is 1. The number of rotatable bonds is 3. The fourth-order valence-electron chi connectivity index (χ4n) is 3.61. The summed E-state index contributed by atoms with van der Waals surface area (Å²) in [7, 11) is 1.60. The van der Waals surface area contributed by atoms with Crippen LogP contribution in [0.5, 0.6) is 0 Å². The van der Waals surface area contributed by atoms with E-state index in [-0.39, 0.29) is 5.91 Å². The van der Waals surface area contributed by atoms with Gasteiger partial charge in [0.05, 0.1) is 11.9 Å². The summed E-state index contributed by atoms with van der Waals surface area (Å²) in [5.41, 5.74) is 1.49. The minimum Gasteiger partial charge on any atom is -0.370 e. The van der Waals surface area contributed by atoms with Gasteiger partial charge in [0.15, 0.2) is 0 Å². The van der Waals surface area contributed by atoms with E-state index in [9.17, 15) is 9.18 Å². The maximum absolute atomic E-state index is 13.6. The predicted molar refractivity (Wildman–Crippen MR) is 88.6 cm³/mol. The first-order valence-corrected chi connectivity index (χ1v) is 8.48. The lowest BCUT2D eigenvalue weighted by Gasteiger charge is -2.41. The van der Waals surface area contributed by atoms with Crippen LogP contribution in [0.3, 0.4) is 0 Å². The molecule has 5 nitrogen and oxygen atoms in total. The molecular weight excluding hydrogens is 295 g/mol. The molecule has 0 aromatic carbocycles. The van der Waals surface area contributed by atoms with E-state index in [1.807, 2.05) is 6.07 Å². The van der Waals surface area contributed by atoms with Crippen LogP contribution in [-0.2, 0) is 0 Å². The Morgan fingerprint density at radius 2 is 2.04 bits per heavy atom. The topological polar surface area (TPSA) is 48.5 Å². The van der Waals surface area contributed by atoms with E-state index in [0.717, 1.165) is 51.0 Å². The van der Waals surface area contributed by atoms with E-state index in [2.05, 4.69) is 20.1 Å². The Hall–Kier alpha value is -1.69. The van der Waals surface area contributed by atoms with Crippen molar-refractivity contribution in [2.45, 2.75) is 37.9 Å². The van der Waals surface area contributed by atoms with Gasteiger partial charge in [-0.15, -0.1) is 0 Å². The molecule has 2 saturated heterocycles. The number of hydrogen-bond donors (Lipinski definition) is 1. The molecule has 0 spiro atoms. The molecule has 126 valence electrons. The van der Waals surface area contributed by atoms with Crippen molar-refractivity contribution in [2.24, 2.45) is 0 Å². The highest BCUT2D eigenvalue weighted by Crippen LogP contribution is 2.25. The molecule has 1 N–H and O–H groups in total. The van der Waals surface area contributed by atoms with Crippen LogP contribution in [0.2, 0.25) is 0 Å². The second-order valence-electron chi connectivity index (χ2n) is 6.43. The van der Waals surface area contributed by atoms with E-state index in [1.165, 1.54) is 0 Å². The Balaban J connectivity index is 1.55. The zero-order chi connectivity index (χ0) is 16.2. The number of hydrogen-bond acceptors (Lipinski definition) is 4. The Morgan fingerprint density at radius 3 is 2.65 bits per heavy atom. The molecule has 0 aliphatic carbocycles. The molecule has 0 saturated carbocycles. The van der Waals surface area contributed by atoms with Gasteiger partial charge in [0.2, 0.25) is 0 Å². The summed E-state index contributed by atoms with van der Waals surface area (Å²) in [5.74, 6) is -0.166. The van der Waals surface area contributed by atoms with Crippen molar-refractivity contribution in [3.05, 3.63) is 24.0 Å². The molecule has 6 heteroatoms. The van der Waals surface area contributed by atoms with E-state index in [0.29, 0.717) is 18.3 Å². The van der Waals surface area contributed by atoms with Gasteiger partial charge < -0.3 is 10.2 Å². The van der Waals surface area contributed by atoms with Crippen molar-refractivity contribution in [3.8, 4) is 0 Å². The summed E-state index contributed by atoms with van der Waals surface area (Å²) in [4.78, 5) is 20.4. The van der Waals surface area contributed by atoms with Gasteiger partial charge in [-0.1, -0.05) is 0 Å². The van der Waals surface area contributed by atoms with Crippen LogP contribution >= 0.6 is 0 Å². The van der Waals surface area contributed by atoms with Gasteiger partial charge in [-0.05, 0) is 44.4 Å². The number of nitrogens with zero attached hydrogens (tertiary/aromatic N) is 3. The number of aromatic nitrogens is 1. The van der Waals surface area contributed by atoms with Crippen LogP contribution in [-0.4, -0.2) is 61.2 Å². The lowest BCUT2D eigenvalue weighted by molar-refractivity contribution is 0.0864. The van der Waals surface area contributed by atoms with E-state index < -0.39 is 6.17 Å². The number of amides is 1. The highest BCUT2D eigenvalue weighted by Gasteiger charge is 2.28. The van der Waals surface area contributed by atoms with E-state index in [1.54, 1.807) is 19.3 Å². The summed E-state index contributed by atoms with van der Waals surface area (Å²) in [6.07, 6.45) is 4.94. The average molecular weight is 320 g/mol. The summed E-state index contributed by atoms with van der Waals surface area (Å²) >= 11 is 0. The average Bonchev–Trinajstić information content (AvgIpc) is 2.61. The van der Waals surface area contributed by atoms with E-state index >= 15 is 0 Å². The lowest BCUT2D eigenvalue weighted by atomic mass is 9.99. The number of carbonyl (C=O) groups is 1. The van der Waals surface area contributed by atoms with Gasteiger partial charge >= 0.3 is 0 Å². The zero-order valence-electron chi connectivity index (χ0n) is 13.7. The second-order valence-corrected chi connectivity index (χ2v) is 6.43. The quantitative estimate of drug-likeness (QED) is 0.923. The molecule has 2 aliphatic rings. The first-order chi connectivity index (χ1) is 11.2. The Labute approximate surface area is 136 Å². The molecule has 23 heavy (non-hydrogen) atoms. The molecule has 0 bridgehead atoms. The van der Waals surface area contributed by atoms with Crippen LogP contribution in [0.15, 0.2) is 18.3 Å². The maximum atomic E-state index is 13.6. The van der Waals surface area contributed by atoms with Crippen molar-refractivity contribution < 1.29 is 9.18 Å². The number of anilines is 1. The Kier molecular flexibility index (Phi) is 5.10. The smallest absolute Gasteiger partial charge is 0.269 e. The van der Waals surface area contributed by atoms with Crippen LogP contribution < -0.4 is 10.2 Å². The minimum atomic E-state index is -0.650. The van der Waals surface area contributed by atoms with Crippen molar-refractivity contribution in [2.75, 3.05) is 38.1 Å². The summed E-state index contributed by atoms with van der Waals surface area (Å²) < 4.78 is 13.6. The number of nitrogens with one attached hydrogen (secondary N) is 1. The van der Waals surface area contributed by atoms with Crippen molar-refractivity contribution >= 4 is 11.6 Å². The van der Waals surface area contributed by atoms with E-state index in [4.69, 9.17) is 0 Å². The fourth-order valence-corrected chi connectivity index (χ4v) is 3.61. The van der Waals surface area contributed by atoms with Crippen LogP contribution in [0.4, 0.5) is 10.1 Å². The minimum absolute atomic E-state index is 0.166. The van der Waals surface area contributed by atoms with Gasteiger partial charge in [0, 0.05) is 32.7 Å². The third-order valence-electron chi connectivity index (χ3n) is 4.95. The molecule has 1 amide bonds. The molecule has 1 unspecified atom stereocenters. The monoisotopic (exact) mass is 320 g/mol. The van der Waals surface area contributed by atoms with Gasteiger partial charge in [0.25, 0.3) is 5.91 Å². The number of pyridine rings is 1. The largest absolute Gasteiger partial charge is 0.370 e. The zero-order valence-corrected chi connectivity index (χ0v) is 13.7. The number of halogens is 1. The number of likely N-dealkylation sites (tertiary alicyclic amines) is 1. The van der Waals surface area contributed by atoms with Gasteiger partial charge in [-0.25, -0.2) is 9.37 Å². The SMILES string of the molecule is CNC(=O)c1ccc(N2CCC(N3CCCC(F)C3)CC2)cn1. The molecule has 2 fully saturated rings.